The van der Waals surface area contributed by atoms with Crippen LogP contribution < -0.4 is 10.1 Å². The van der Waals surface area contributed by atoms with Gasteiger partial charge in [0.1, 0.15) is 5.75 Å². The van der Waals surface area contributed by atoms with E-state index in [1.54, 1.807) is 13.3 Å². The van der Waals surface area contributed by atoms with Crippen LogP contribution in [0.15, 0.2) is 76.0 Å². The summed E-state index contributed by atoms with van der Waals surface area (Å²) in [7, 11) is 2.97. The molecule has 2 aliphatic heterocycles. The Balaban J connectivity index is 1.65. The minimum Gasteiger partial charge on any atom is -0.497 e. The van der Waals surface area contributed by atoms with E-state index >= 15 is 0 Å². The number of pyridine rings is 1. The number of rotatable bonds is 8. The lowest BCUT2D eigenvalue weighted by Gasteiger charge is -2.36. The van der Waals surface area contributed by atoms with Crippen molar-refractivity contribution in [3.05, 3.63) is 82.3 Å². The minimum absolute atomic E-state index is 0.134. The van der Waals surface area contributed by atoms with Crippen LogP contribution in [0.1, 0.15) is 37.1 Å². The zero-order chi connectivity index (χ0) is 24.1. The molecule has 2 aliphatic rings. The van der Waals surface area contributed by atoms with Gasteiger partial charge >= 0.3 is 5.97 Å². The van der Waals surface area contributed by atoms with E-state index in [1.165, 1.54) is 18.9 Å². The highest BCUT2D eigenvalue weighted by molar-refractivity contribution is 8.16. The van der Waals surface area contributed by atoms with E-state index in [1.807, 2.05) is 59.7 Å². The Labute approximate surface area is 202 Å². The topological polar surface area (TPSA) is 93.1 Å². The van der Waals surface area contributed by atoms with Crippen LogP contribution in [0.2, 0.25) is 0 Å². The fraction of sp³-hybridized carbons (Fsp3) is 0.280. The Bertz CT molecular complexity index is 1180. The van der Waals surface area contributed by atoms with Gasteiger partial charge in [-0.05, 0) is 41.7 Å². The predicted molar refractivity (Wildman–Crippen MR) is 131 cm³/mol. The number of carbonyl (C=O) groups is 2. The van der Waals surface area contributed by atoms with Gasteiger partial charge < -0.3 is 19.7 Å². The zero-order valence-corrected chi connectivity index (χ0v) is 20.1. The summed E-state index contributed by atoms with van der Waals surface area (Å²) >= 11 is 1.44. The van der Waals surface area contributed by atoms with Crippen LogP contribution in [0.5, 0.6) is 5.75 Å². The van der Waals surface area contributed by atoms with Crippen LogP contribution >= 0.6 is 11.8 Å². The number of nitrogens with one attached hydrogen (secondary N) is 1. The third-order valence-electron chi connectivity index (χ3n) is 5.57. The number of aromatic nitrogens is 1. The molecule has 1 amide bonds. The van der Waals surface area contributed by atoms with Gasteiger partial charge in [-0.2, -0.15) is 0 Å². The van der Waals surface area contributed by atoms with Crippen molar-refractivity contribution in [3.63, 3.8) is 0 Å². The van der Waals surface area contributed by atoms with E-state index in [0.29, 0.717) is 30.0 Å². The number of hydrogen-bond acceptors (Lipinski definition) is 8. The fourth-order valence-corrected chi connectivity index (χ4v) is 4.90. The van der Waals surface area contributed by atoms with E-state index < -0.39 is 12.0 Å². The molecule has 4 rings (SSSR count). The lowest BCUT2D eigenvalue weighted by atomic mass is 9.92. The van der Waals surface area contributed by atoms with Crippen molar-refractivity contribution in [2.75, 3.05) is 14.2 Å². The second-order valence-corrected chi connectivity index (χ2v) is 8.49. The van der Waals surface area contributed by atoms with E-state index in [0.717, 1.165) is 22.1 Å². The van der Waals surface area contributed by atoms with Gasteiger partial charge in [0.05, 0.1) is 50.2 Å². The maximum Gasteiger partial charge on any atom is 0.338 e. The smallest absolute Gasteiger partial charge is 0.338 e. The standard InChI is InChI=1S/C25H26N4O4S/c1-4-20-22(24(31)33-3)23(16-8-7-10-19(12-16)32-2)29-18(15-34-25(29)28-20)13-21(30)27-14-17-9-5-6-11-26-17/h5-12,15,23H,4,13-14H2,1-3H3,(H,27,30). The number of benzene rings is 1. The summed E-state index contributed by atoms with van der Waals surface area (Å²) in [5, 5.41) is 5.56. The van der Waals surface area contributed by atoms with Gasteiger partial charge in [-0.1, -0.05) is 36.9 Å². The number of esters is 1. The normalized spacial score (nSPS) is 17.0. The van der Waals surface area contributed by atoms with Gasteiger partial charge in [-0.3, -0.25) is 9.78 Å². The van der Waals surface area contributed by atoms with Crippen LogP contribution in [0.25, 0.3) is 0 Å². The molecule has 1 unspecified atom stereocenters. The number of aliphatic imine (C=N–C) groups is 1. The summed E-state index contributed by atoms with van der Waals surface area (Å²) in [5.41, 5.74) is 3.52. The van der Waals surface area contributed by atoms with E-state index in [4.69, 9.17) is 14.5 Å². The molecule has 1 atom stereocenters. The molecular formula is C25H26N4O4S. The number of nitrogens with zero attached hydrogens (tertiary/aromatic N) is 3. The summed E-state index contributed by atoms with van der Waals surface area (Å²) in [5.74, 6) is 0.0886. The van der Waals surface area contributed by atoms with Gasteiger partial charge in [-0.15, -0.1) is 0 Å². The number of hydrogen-bond donors (Lipinski definition) is 1. The number of methoxy groups -OCH3 is 2. The highest BCUT2D eigenvalue weighted by Gasteiger charge is 2.41. The summed E-state index contributed by atoms with van der Waals surface area (Å²) in [4.78, 5) is 36.7. The quantitative estimate of drug-likeness (QED) is 0.575. The molecule has 9 heteroatoms. The van der Waals surface area contributed by atoms with Crippen molar-refractivity contribution in [2.24, 2.45) is 4.99 Å². The van der Waals surface area contributed by atoms with Crippen molar-refractivity contribution in [2.45, 2.75) is 32.4 Å². The molecule has 1 aromatic heterocycles. The lowest BCUT2D eigenvalue weighted by Crippen LogP contribution is -2.38. The molecule has 0 radical (unpaired) electrons. The number of amides is 1. The monoisotopic (exact) mass is 478 g/mol. The molecule has 2 aromatic rings. The Morgan fingerprint density at radius 2 is 2.03 bits per heavy atom. The molecule has 0 fully saturated rings. The Kier molecular flexibility index (Phi) is 7.32. The van der Waals surface area contributed by atoms with Crippen molar-refractivity contribution in [1.29, 1.82) is 0 Å². The van der Waals surface area contributed by atoms with Crippen molar-refractivity contribution >= 4 is 28.8 Å². The molecule has 0 saturated heterocycles. The number of allylic oxidation sites excluding steroid dienone is 1. The molecule has 1 aromatic carbocycles. The fourth-order valence-electron chi connectivity index (χ4n) is 3.96. The van der Waals surface area contributed by atoms with Crippen molar-refractivity contribution in [3.8, 4) is 5.75 Å². The van der Waals surface area contributed by atoms with Gasteiger partial charge in [0.15, 0.2) is 5.17 Å². The summed E-state index contributed by atoms with van der Waals surface area (Å²) in [6.45, 7) is 2.30. The number of carbonyl (C=O) groups excluding carboxylic acids is 2. The van der Waals surface area contributed by atoms with Gasteiger partial charge in [-0.25, -0.2) is 9.79 Å². The average molecular weight is 479 g/mol. The summed E-state index contributed by atoms with van der Waals surface area (Å²) < 4.78 is 10.6. The van der Waals surface area contributed by atoms with Gasteiger partial charge in [0.2, 0.25) is 5.91 Å². The molecule has 0 spiro atoms. The molecule has 1 N–H and O–H groups in total. The van der Waals surface area contributed by atoms with Crippen LogP contribution in [-0.2, 0) is 20.9 Å². The van der Waals surface area contributed by atoms with E-state index in [9.17, 15) is 9.59 Å². The maximum absolute atomic E-state index is 12.9. The first-order valence-electron chi connectivity index (χ1n) is 10.9. The number of fused-ring (bicyclic) bond motifs is 1. The molecule has 8 nitrogen and oxygen atoms in total. The zero-order valence-electron chi connectivity index (χ0n) is 19.3. The summed E-state index contributed by atoms with van der Waals surface area (Å²) in [6.07, 6.45) is 2.40. The minimum atomic E-state index is -0.491. The Morgan fingerprint density at radius 3 is 2.74 bits per heavy atom. The molecule has 34 heavy (non-hydrogen) atoms. The lowest BCUT2D eigenvalue weighted by molar-refractivity contribution is -0.136. The third-order valence-corrected chi connectivity index (χ3v) is 6.46. The third kappa shape index (κ3) is 4.84. The molecule has 0 bridgehead atoms. The van der Waals surface area contributed by atoms with Crippen molar-refractivity contribution < 1.29 is 19.1 Å². The average Bonchev–Trinajstić information content (AvgIpc) is 3.28. The second kappa shape index (κ2) is 10.6. The first-order chi connectivity index (χ1) is 16.5. The number of amidine groups is 1. The van der Waals surface area contributed by atoms with Crippen LogP contribution in [0.3, 0.4) is 0 Å². The Morgan fingerprint density at radius 1 is 1.18 bits per heavy atom. The largest absolute Gasteiger partial charge is 0.497 e. The second-order valence-electron chi connectivity index (χ2n) is 7.65. The first kappa shape index (κ1) is 23.6. The maximum atomic E-state index is 12.9. The molecular weight excluding hydrogens is 452 g/mol. The molecule has 3 heterocycles. The number of ether oxygens (including phenoxy) is 2. The predicted octanol–water partition coefficient (Wildman–Crippen LogP) is 3.93. The van der Waals surface area contributed by atoms with Crippen molar-refractivity contribution in [1.82, 2.24) is 15.2 Å². The van der Waals surface area contributed by atoms with Crippen LogP contribution in [-0.4, -0.2) is 41.1 Å². The van der Waals surface area contributed by atoms with Gasteiger partial charge in [0.25, 0.3) is 0 Å². The van der Waals surface area contributed by atoms with E-state index in [-0.39, 0.29) is 12.3 Å². The highest BCUT2D eigenvalue weighted by atomic mass is 32.2. The van der Waals surface area contributed by atoms with Crippen LogP contribution in [0, 0.1) is 0 Å². The Hall–Kier alpha value is -3.59. The summed E-state index contributed by atoms with van der Waals surface area (Å²) in [6, 6.07) is 12.6. The van der Waals surface area contributed by atoms with Gasteiger partial charge in [0, 0.05) is 11.9 Å². The number of thioether (sulfide) groups is 1. The molecule has 0 saturated carbocycles. The molecule has 176 valence electrons. The van der Waals surface area contributed by atoms with E-state index in [2.05, 4.69) is 10.3 Å². The van der Waals surface area contributed by atoms with Crippen LogP contribution in [0.4, 0.5) is 0 Å². The highest BCUT2D eigenvalue weighted by Crippen LogP contribution is 2.45. The SMILES string of the molecule is CCC1=C(C(=O)OC)C(c2cccc(OC)c2)N2C(CC(=O)NCc3ccccn3)=CSC2=N1. The first-order valence-corrected chi connectivity index (χ1v) is 11.8. The molecule has 0 aliphatic carbocycles.